The van der Waals surface area contributed by atoms with Gasteiger partial charge in [-0.2, -0.15) is 0 Å². The van der Waals surface area contributed by atoms with E-state index in [4.69, 9.17) is 5.73 Å². The zero-order valence-electron chi connectivity index (χ0n) is 10.4. The normalized spacial score (nSPS) is 12.2. The molecule has 1 amide bonds. The lowest BCUT2D eigenvalue weighted by molar-refractivity contribution is 0.0943. The zero-order chi connectivity index (χ0) is 12.8. The minimum absolute atomic E-state index is 0.186. The molecule has 0 saturated carbocycles. The van der Waals surface area contributed by atoms with Crippen molar-refractivity contribution in [3.8, 4) is 0 Å². The third-order valence-electron chi connectivity index (χ3n) is 2.80. The molecule has 1 rings (SSSR count). The van der Waals surface area contributed by atoms with Crippen LogP contribution in [0.1, 0.15) is 35.7 Å². The van der Waals surface area contributed by atoms with Crippen LogP contribution in [0, 0.1) is 6.92 Å². The molecule has 0 aromatic heterocycles. The molecule has 0 bridgehead atoms. The number of nitrogens with one attached hydrogen (secondary N) is 1. The SMILES string of the molecule is CCC(O)CCNC(=O)c1cccc(C)c1N. The Kier molecular flexibility index (Phi) is 4.97. The number of nitrogen functional groups attached to an aromatic ring is 1. The van der Waals surface area contributed by atoms with Crippen LogP contribution in [0.4, 0.5) is 5.69 Å². The third kappa shape index (κ3) is 3.75. The number of aryl methyl sites for hydroxylation is 1. The highest BCUT2D eigenvalue weighted by atomic mass is 16.3. The van der Waals surface area contributed by atoms with Gasteiger partial charge >= 0.3 is 0 Å². The van der Waals surface area contributed by atoms with E-state index in [0.717, 1.165) is 5.56 Å². The first-order chi connectivity index (χ1) is 8.06. The highest BCUT2D eigenvalue weighted by Crippen LogP contribution is 2.16. The predicted molar refractivity (Wildman–Crippen MR) is 68.8 cm³/mol. The molecule has 0 spiro atoms. The molecule has 1 aromatic rings. The second-order valence-electron chi connectivity index (χ2n) is 4.14. The standard InChI is InChI=1S/C13H20N2O2/c1-3-10(16)7-8-15-13(17)11-6-4-5-9(2)12(11)14/h4-6,10,16H,3,7-8,14H2,1-2H3,(H,15,17). The largest absolute Gasteiger partial charge is 0.398 e. The number of aliphatic hydroxyl groups excluding tert-OH is 1. The molecular weight excluding hydrogens is 216 g/mol. The maximum atomic E-state index is 11.8. The highest BCUT2D eigenvalue weighted by Gasteiger charge is 2.10. The van der Waals surface area contributed by atoms with E-state index in [1.54, 1.807) is 6.07 Å². The summed E-state index contributed by atoms with van der Waals surface area (Å²) in [5, 5.41) is 12.1. The van der Waals surface area contributed by atoms with Crippen LogP contribution in [-0.2, 0) is 0 Å². The predicted octanol–water partition coefficient (Wildman–Crippen LogP) is 1.47. The molecule has 4 heteroatoms. The quantitative estimate of drug-likeness (QED) is 0.678. The van der Waals surface area contributed by atoms with Crippen LogP contribution in [0.3, 0.4) is 0 Å². The van der Waals surface area contributed by atoms with Gasteiger partial charge in [0.25, 0.3) is 5.91 Å². The Bertz CT molecular complexity index is 391. The summed E-state index contributed by atoms with van der Waals surface area (Å²) >= 11 is 0. The van der Waals surface area contributed by atoms with E-state index >= 15 is 0 Å². The second kappa shape index (κ2) is 6.25. The molecule has 0 radical (unpaired) electrons. The number of hydrogen-bond donors (Lipinski definition) is 3. The average molecular weight is 236 g/mol. The molecule has 1 aromatic carbocycles. The number of aliphatic hydroxyl groups is 1. The van der Waals surface area contributed by atoms with Gasteiger partial charge in [-0.3, -0.25) is 4.79 Å². The molecule has 0 aliphatic heterocycles. The summed E-state index contributed by atoms with van der Waals surface area (Å²) in [7, 11) is 0. The van der Waals surface area contributed by atoms with Gasteiger partial charge in [-0.1, -0.05) is 19.1 Å². The van der Waals surface area contributed by atoms with Gasteiger partial charge in [0.05, 0.1) is 11.7 Å². The Morgan fingerprint density at radius 3 is 2.88 bits per heavy atom. The lowest BCUT2D eigenvalue weighted by atomic mass is 10.1. The fourth-order valence-corrected chi connectivity index (χ4v) is 1.53. The molecule has 4 nitrogen and oxygen atoms in total. The number of carbonyl (C=O) groups is 1. The van der Waals surface area contributed by atoms with E-state index in [1.807, 2.05) is 26.0 Å². The van der Waals surface area contributed by atoms with E-state index in [0.29, 0.717) is 30.6 Å². The number of para-hydroxylation sites is 1. The second-order valence-corrected chi connectivity index (χ2v) is 4.14. The van der Waals surface area contributed by atoms with Crippen molar-refractivity contribution in [3.05, 3.63) is 29.3 Å². The summed E-state index contributed by atoms with van der Waals surface area (Å²) in [6.07, 6.45) is 0.904. The Hall–Kier alpha value is -1.55. The van der Waals surface area contributed by atoms with E-state index < -0.39 is 0 Å². The van der Waals surface area contributed by atoms with E-state index in [2.05, 4.69) is 5.32 Å². The van der Waals surface area contributed by atoms with Crippen LogP contribution >= 0.6 is 0 Å². The molecule has 4 N–H and O–H groups in total. The van der Waals surface area contributed by atoms with Crippen LogP contribution < -0.4 is 11.1 Å². The first-order valence-electron chi connectivity index (χ1n) is 5.87. The molecule has 1 atom stereocenters. The van der Waals surface area contributed by atoms with Gasteiger partial charge in [0.15, 0.2) is 0 Å². The number of rotatable bonds is 5. The van der Waals surface area contributed by atoms with E-state index in [1.165, 1.54) is 0 Å². The van der Waals surface area contributed by atoms with Gasteiger partial charge in [0.2, 0.25) is 0 Å². The number of benzene rings is 1. The molecule has 0 fully saturated rings. The molecule has 0 aliphatic rings. The maximum absolute atomic E-state index is 11.8. The summed E-state index contributed by atoms with van der Waals surface area (Å²) in [5.74, 6) is -0.186. The number of carbonyl (C=O) groups excluding carboxylic acids is 1. The number of anilines is 1. The first kappa shape index (κ1) is 13.5. The van der Waals surface area contributed by atoms with Crippen molar-refractivity contribution >= 4 is 11.6 Å². The van der Waals surface area contributed by atoms with E-state index in [-0.39, 0.29) is 12.0 Å². The van der Waals surface area contributed by atoms with Gasteiger partial charge in [-0.15, -0.1) is 0 Å². The Balaban J connectivity index is 2.56. The minimum atomic E-state index is -0.356. The average Bonchev–Trinajstić information content (AvgIpc) is 2.32. The molecule has 0 heterocycles. The number of amides is 1. The first-order valence-corrected chi connectivity index (χ1v) is 5.87. The summed E-state index contributed by atoms with van der Waals surface area (Å²) in [4.78, 5) is 11.8. The fourth-order valence-electron chi connectivity index (χ4n) is 1.53. The van der Waals surface area contributed by atoms with Gasteiger partial charge in [-0.25, -0.2) is 0 Å². The van der Waals surface area contributed by atoms with Crippen molar-refractivity contribution in [3.63, 3.8) is 0 Å². The Morgan fingerprint density at radius 2 is 2.24 bits per heavy atom. The van der Waals surface area contributed by atoms with Crippen molar-refractivity contribution < 1.29 is 9.90 Å². The third-order valence-corrected chi connectivity index (χ3v) is 2.80. The lowest BCUT2D eigenvalue weighted by Gasteiger charge is -2.11. The van der Waals surface area contributed by atoms with Gasteiger partial charge < -0.3 is 16.2 Å². The highest BCUT2D eigenvalue weighted by molar-refractivity contribution is 5.99. The van der Waals surface area contributed by atoms with Gasteiger partial charge in [0.1, 0.15) is 0 Å². The fraction of sp³-hybridized carbons (Fsp3) is 0.462. The van der Waals surface area contributed by atoms with Crippen molar-refractivity contribution in [1.29, 1.82) is 0 Å². The number of hydrogen-bond acceptors (Lipinski definition) is 3. The van der Waals surface area contributed by atoms with Crippen molar-refractivity contribution in [2.45, 2.75) is 32.8 Å². The molecular formula is C13H20N2O2. The van der Waals surface area contributed by atoms with Gasteiger partial charge in [-0.05, 0) is 31.4 Å². The van der Waals surface area contributed by atoms with Gasteiger partial charge in [0, 0.05) is 12.2 Å². The number of nitrogens with two attached hydrogens (primary N) is 1. The molecule has 0 aliphatic carbocycles. The summed E-state index contributed by atoms with van der Waals surface area (Å²) < 4.78 is 0. The topological polar surface area (TPSA) is 75.3 Å². The van der Waals surface area contributed by atoms with Crippen LogP contribution in [0.15, 0.2) is 18.2 Å². The Labute approximate surface area is 102 Å². The summed E-state index contributed by atoms with van der Waals surface area (Å²) in [6, 6.07) is 5.38. The maximum Gasteiger partial charge on any atom is 0.253 e. The lowest BCUT2D eigenvalue weighted by Crippen LogP contribution is -2.27. The molecule has 0 saturated heterocycles. The van der Waals surface area contributed by atoms with Crippen molar-refractivity contribution in [1.82, 2.24) is 5.32 Å². The van der Waals surface area contributed by atoms with Crippen LogP contribution in [-0.4, -0.2) is 23.7 Å². The van der Waals surface area contributed by atoms with E-state index in [9.17, 15) is 9.90 Å². The van der Waals surface area contributed by atoms with Crippen molar-refractivity contribution in [2.75, 3.05) is 12.3 Å². The monoisotopic (exact) mass is 236 g/mol. The smallest absolute Gasteiger partial charge is 0.253 e. The molecule has 94 valence electrons. The molecule has 17 heavy (non-hydrogen) atoms. The zero-order valence-corrected chi connectivity index (χ0v) is 10.4. The van der Waals surface area contributed by atoms with Crippen LogP contribution in [0.25, 0.3) is 0 Å². The summed E-state index contributed by atoms with van der Waals surface area (Å²) in [5.41, 5.74) is 7.74. The van der Waals surface area contributed by atoms with Crippen LogP contribution in [0.2, 0.25) is 0 Å². The van der Waals surface area contributed by atoms with Crippen molar-refractivity contribution in [2.24, 2.45) is 0 Å². The minimum Gasteiger partial charge on any atom is -0.398 e. The molecule has 1 unspecified atom stereocenters. The van der Waals surface area contributed by atoms with Crippen LogP contribution in [0.5, 0.6) is 0 Å². The Morgan fingerprint density at radius 1 is 1.53 bits per heavy atom. The summed E-state index contributed by atoms with van der Waals surface area (Å²) in [6.45, 7) is 4.24.